The van der Waals surface area contributed by atoms with Gasteiger partial charge in [-0.15, -0.1) is 0 Å². The summed E-state index contributed by atoms with van der Waals surface area (Å²) in [5.41, 5.74) is 0.436. The molecule has 0 radical (unpaired) electrons. The lowest BCUT2D eigenvalue weighted by atomic mass is 10.2. The average molecular weight is 269 g/mol. The highest BCUT2D eigenvalue weighted by Gasteiger charge is 2.02. The molecule has 19 heavy (non-hydrogen) atoms. The van der Waals surface area contributed by atoms with Gasteiger partial charge in [-0.2, -0.15) is 0 Å². The van der Waals surface area contributed by atoms with Gasteiger partial charge in [0.2, 0.25) is 0 Å². The van der Waals surface area contributed by atoms with Gasteiger partial charge in [0.15, 0.2) is 6.29 Å². The maximum Gasteiger partial charge on any atom is 0.269 e. The van der Waals surface area contributed by atoms with Crippen LogP contribution in [-0.4, -0.2) is 30.7 Å². The van der Waals surface area contributed by atoms with E-state index in [-0.39, 0.29) is 12.0 Å². The number of hydrogen-bond donors (Lipinski definition) is 0. The molecule has 1 aromatic rings. The first-order valence-electron chi connectivity index (χ1n) is 5.97. The van der Waals surface area contributed by atoms with Crippen molar-refractivity contribution in [1.29, 1.82) is 0 Å². The van der Waals surface area contributed by atoms with E-state index in [9.17, 15) is 14.9 Å². The van der Waals surface area contributed by atoms with Crippen LogP contribution in [0.2, 0.25) is 0 Å². The van der Waals surface area contributed by atoms with Crippen molar-refractivity contribution in [2.75, 3.05) is 13.2 Å². The van der Waals surface area contributed by atoms with Crippen LogP contribution in [-0.2, 0) is 9.47 Å². The predicted octanol–water partition coefficient (Wildman–Crippen LogP) is 2.81. The zero-order valence-electron chi connectivity index (χ0n) is 11.4. The number of aldehydes is 1. The molecule has 0 aromatic heterocycles. The highest BCUT2D eigenvalue weighted by Crippen LogP contribution is 2.09. The van der Waals surface area contributed by atoms with Gasteiger partial charge in [-0.3, -0.25) is 14.9 Å². The van der Waals surface area contributed by atoms with Crippen molar-refractivity contribution in [2.24, 2.45) is 0 Å². The van der Waals surface area contributed by atoms with E-state index in [1.807, 2.05) is 20.8 Å². The molecule has 0 aliphatic heterocycles. The predicted molar refractivity (Wildman–Crippen MR) is 71.2 cm³/mol. The molecule has 0 unspecified atom stereocenters. The number of hydrogen-bond acceptors (Lipinski definition) is 5. The lowest BCUT2D eigenvalue weighted by molar-refractivity contribution is -0.384. The Balaban J connectivity index is 0.000000362. The van der Waals surface area contributed by atoms with Gasteiger partial charge in [0.05, 0.1) is 4.92 Å². The normalized spacial score (nSPS) is 9.68. The van der Waals surface area contributed by atoms with Crippen LogP contribution >= 0.6 is 0 Å². The van der Waals surface area contributed by atoms with Crippen LogP contribution in [0, 0.1) is 10.1 Å². The van der Waals surface area contributed by atoms with Crippen LogP contribution in [0.4, 0.5) is 5.69 Å². The van der Waals surface area contributed by atoms with Crippen LogP contribution in [0.1, 0.15) is 31.1 Å². The molecule has 0 spiro atoms. The number of ether oxygens (including phenoxy) is 2. The number of rotatable bonds is 6. The van der Waals surface area contributed by atoms with E-state index < -0.39 is 4.92 Å². The quantitative estimate of drug-likeness (QED) is 0.343. The van der Waals surface area contributed by atoms with E-state index in [1.165, 1.54) is 24.3 Å². The van der Waals surface area contributed by atoms with Crippen molar-refractivity contribution in [1.82, 2.24) is 0 Å². The number of non-ortho nitro benzene ring substituents is 1. The Bertz CT molecular complexity index is 371. The highest BCUT2D eigenvalue weighted by molar-refractivity contribution is 5.75. The second-order valence-electron chi connectivity index (χ2n) is 3.44. The maximum atomic E-state index is 10.1. The highest BCUT2D eigenvalue weighted by atomic mass is 16.7. The first-order chi connectivity index (χ1) is 9.04. The molecule has 0 heterocycles. The fraction of sp³-hybridized carbons (Fsp3) is 0.462. The smallest absolute Gasteiger partial charge is 0.269 e. The molecule has 0 N–H and O–H groups in total. The zero-order chi connectivity index (χ0) is 14.7. The Morgan fingerprint density at radius 1 is 1.21 bits per heavy atom. The van der Waals surface area contributed by atoms with Crippen molar-refractivity contribution < 1.29 is 19.2 Å². The van der Waals surface area contributed by atoms with Gasteiger partial charge >= 0.3 is 0 Å². The molecule has 1 aromatic carbocycles. The third kappa shape index (κ3) is 8.01. The summed E-state index contributed by atoms with van der Waals surface area (Å²) < 4.78 is 10.1. The third-order valence-corrected chi connectivity index (χ3v) is 2.04. The molecule has 1 rings (SSSR count). The van der Waals surface area contributed by atoms with Crippen LogP contribution in [0.15, 0.2) is 24.3 Å². The van der Waals surface area contributed by atoms with Gasteiger partial charge in [0.25, 0.3) is 5.69 Å². The van der Waals surface area contributed by atoms with Crippen LogP contribution in [0.5, 0.6) is 0 Å². The fourth-order valence-corrected chi connectivity index (χ4v) is 1.19. The lowest BCUT2D eigenvalue weighted by Gasteiger charge is -2.09. The molecule has 0 amide bonds. The Kier molecular flexibility index (Phi) is 9.20. The summed E-state index contributed by atoms with van der Waals surface area (Å²) >= 11 is 0. The largest absolute Gasteiger partial charge is 0.353 e. The van der Waals surface area contributed by atoms with Gasteiger partial charge < -0.3 is 9.47 Å². The molecule has 0 saturated heterocycles. The summed E-state index contributed by atoms with van der Waals surface area (Å²) in [6.07, 6.45) is 0.606. The summed E-state index contributed by atoms with van der Waals surface area (Å²) in [7, 11) is 0. The minimum absolute atomic E-state index is 0.00407. The summed E-state index contributed by atoms with van der Waals surface area (Å²) in [4.78, 5) is 19.7. The zero-order valence-corrected chi connectivity index (χ0v) is 11.4. The van der Waals surface area contributed by atoms with Crippen molar-refractivity contribution in [3.8, 4) is 0 Å². The van der Waals surface area contributed by atoms with Gasteiger partial charge in [-0.05, 0) is 32.9 Å². The van der Waals surface area contributed by atoms with E-state index in [1.54, 1.807) is 0 Å². The lowest BCUT2D eigenvalue weighted by Crippen LogP contribution is -2.11. The van der Waals surface area contributed by atoms with Gasteiger partial charge in [0.1, 0.15) is 6.29 Å². The molecule has 106 valence electrons. The number of benzene rings is 1. The monoisotopic (exact) mass is 269 g/mol. The number of nitrogens with zero attached hydrogens (tertiary/aromatic N) is 1. The van der Waals surface area contributed by atoms with E-state index in [4.69, 9.17) is 9.47 Å². The van der Waals surface area contributed by atoms with Crippen molar-refractivity contribution >= 4 is 12.0 Å². The molecular formula is C13H19NO5. The Hall–Kier alpha value is -1.79. The van der Waals surface area contributed by atoms with E-state index in [0.717, 1.165) is 13.2 Å². The molecule has 0 atom stereocenters. The summed E-state index contributed by atoms with van der Waals surface area (Å²) in [6.45, 7) is 7.25. The van der Waals surface area contributed by atoms with Gasteiger partial charge in [-0.1, -0.05) is 0 Å². The Morgan fingerprint density at radius 3 is 2.00 bits per heavy atom. The Morgan fingerprint density at radius 2 is 1.68 bits per heavy atom. The van der Waals surface area contributed by atoms with Crippen molar-refractivity contribution in [3.63, 3.8) is 0 Å². The average Bonchev–Trinajstić information content (AvgIpc) is 2.40. The Labute approximate surface area is 112 Å². The molecule has 6 nitrogen and oxygen atoms in total. The first-order valence-corrected chi connectivity index (χ1v) is 5.97. The minimum Gasteiger partial charge on any atom is -0.353 e. The number of nitro benzene ring substituents is 1. The second kappa shape index (κ2) is 10.2. The number of carbonyl (C=O) groups excluding carboxylic acids is 1. The minimum atomic E-state index is -0.505. The molecule has 0 fully saturated rings. The van der Waals surface area contributed by atoms with E-state index in [2.05, 4.69) is 0 Å². The standard InChI is InChI=1S/C7H5NO3.C6H14O2/c9-5-6-1-3-7(4-2-6)8(10)11;1-4-7-6(3)8-5-2/h1-5H;6H,4-5H2,1-3H3. The SMILES string of the molecule is CCOC(C)OCC.O=Cc1ccc([N+](=O)[O-])cc1. The van der Waals surface area contributed by atoms with Gasteiger partial charge in [0, 0.05) is 30.9 Å². The fourth-order valence-electron chi connectivity index (χ4n) is 1.19. The topological polar surface area (TPSA) is 78.7 Å². The van der Waals surface area contributed by atoms with Gasteiger partial charge in [-0.25, -0.2) is 0 Å². The molecule has 0 aliphatic carbocycles. The molecule has 6 heteroatoms. The third-order valence-electron chi connectivity index (χ3n) is 2.04. The second-order valence-corrected chi connectivity index (χ2v) is 3.44. The van der Waals surface area contributed by atoms with Crippen molar-refractivity contribution in [3.05, 3.63) is 39.9 Å². The first kappa shape index (κ1) is 17.2. The summed E-state index contributed by atoms with van der Waals surface area (Å²) in [5.74, 6) is 0. The number of carbonyl (C=O) groups is 1. The van der Waals surface area contributed by atoms with E-state index in [0.29, 0.717) is 11.8 Å². The molecule has 0 saturated carbocycles. The summed E-state index contributed by atoms with van der Waals surface area (Å²) in [6, 6.07) is 5.41. The molecule has 0 aliphatic rings. The molecule has 0 bridgehead atoms. The number of nitro groups is 1. The molecular weight excluding hydrogens is 250 g/mol. The van der Waals surface area contributed by atoms with Crippen molar-refractivity contribution in [2.45, 2.75) is 27.1 Å². The maximum absolute atomic E-state index is 10.1. The van der Waals surface area contributed by atoms with E-state index >= 15 is 0 Å². The van der Waals surface area contributed by atoms with Crippen LogP contribution in [0.25, 0.3) is 0 Å². The van der Waals surface area contributed by atoms with Crippen LogP contribution in [0.3, 0.4) is 0 Å². The summed E-state index contributed by atoms with van der Waals surface area (Å²) in [5, 5.41) is 10.1. The van der Waals surface area contributed by atoms with Crippen LogP contribution < -0.4 is 0 Å².